The van der Waals surface area contributed by atoms with Gasteiger partial charge < -0.3 is 15.0 Å². The van der Waals surface area contributed by atoms with Gasteiger partial charge in [-0.15, -0.1) is 0 Å². The van der Waals surface area contributed by atoms with Crippen LogP contribution in [0.15, 0.2) is 60.7 Å². The molecule has 2 aromatic rings. The van der Waals surface area contributed by atoms with Gasteiger partial charge in [0, 0.05) is 0 Å². The number of urea groups is 1. The molecular weight excluding hydrogens is 345 g/mol. The van der Waals surface area contributed by atoms with Crippen LogP contribution >= 0.6 is 0 Å². The van der Waals surface area contributed by atoms with Crippen LogP contribution < -0.4 is 5.32 Å². The third kappa shape index (κ3) is 4.76. The molecule has 0 spiro atoms. The minimum atomic E-state index is -4.35. The van der Waals surface area contributed by atoms with Gasteiger partial charge in [-0.2, -0.15) is 13.2 Å². The lowest BCUT2D eigenvalue weighted by Gasteiger charge is -2.39. The molecule has 1 heterocycles. The smallest absolute Gasteiger partial charge is 0.365 e. The van der Waals surface area contributed by atoms with Gasteiger partial charge in [-0.1, -0.05) is 60.7 Å². The first kappa shape index (κ1) is 18.3. The minimum Gasteiger partial charge on any atom is -0.365 e. The van der Waals surface area contributed by atoms with Crippen molar-refractivity contribution in [3.05, 3.63) is 71.8 Å². The quantitative estimate of drug-likeness (QED) is 0.878. The Bertz CT molecular complexity index is 677. The first-order valence-corrected chi connectivity index (χ1v) is 8.26. The fourth-order valence-corrected chi connectivity index (χ4v) is 2.79. The molecule has 0 aromatic heterocycles. The molecule has 0 radical (unpaired) electrons. The fraction of sp³-hybridized carbons (Fsp3) is 0.316. The summed E-state index contributed by atoms with van der Waals surface area (Å²) in [6.07, 6.45) is -4.93. The highest BCUT2D eigenvalue weighted by atomic mass is 19.4. The van der Waals surface area contributed by atoms with Crippen LogP contribution in [0.4, 0.5) is 18.0 Å². The second-order valence-corrected chi connectivity index (χ2v) is 6.16. The van der Waals surface area contributed by atoms with Crippen molar-refractivity contribution in [2.45, 2.75) is 18.3 Å². The number of halogens is 3. The van der Waals surface area contributed by atoms with E-state index in [1.807, 2.05) is 60.7 Å². The predicted octanol–water partition coefficient (Wildman–Crippen LogP) is 3.75. The second-order valence-electron chi connectivity index (χ2n) is 6.16. The number of ether oxygens (including phenoxy) is 1. The van der Waals surface area contributed by atoms with Crippen LogP contribution in [0.1, 0.15) is 17.2 Å². The zero-order chi connectivity index (χ0) is 18.6. The maximum Gasteiger partial charge on any atom is 0.411 e. The molecule has 138 valence electrons. The number of hydrogen-bond donors (Lipinski definition) is 1. The maximum absolute atomic E-state index is 12.5. The van der Waals surface area contributed by atoms with E-state index in [0.29, 0.717) is 0 Å². The topological polar surface area (TPSA) is 41.6 Å². The van der Waals surface area contributed by atoms with Crippen molar-refractivity contribution in [1.29, 1.82) is 0 Å². The third-order valence-corrected chi connectivity index (χ3v) is 4.15. The van der Waals surface area contributed by atoms with Gasteiger partial charge in [0.15, 0.2) is 0 Å². The average molecular weight is 364 g/mol. The summed E-state index contributed by atoms with van der Waals surface area (Å²) >= 11 is 0. The van der Waals surface area contributed by atoms with Gasteiger partial charge in [-0.05, 0) is 11.1 Å². The van der Waals surface area contributed by atoms with Gasteiger partial charge in [-0.25, -0.2) is 4.79 Å². The summed E-state index contributed by atoms with van der Waals surface area (Å²) in [5.74, 6) is 0. The molecular formula is C19H19F3N2O2. The van der Waals surface area contributed by atoms with E-state index in [1.54, 1.807) is 0 Å². The van der Waals surface area contributed by atoms with Gasteiger partial charge in [0.05, 0.1) is 25.2 Å². The van der Waals surface area contributed by atoms with Crippen molar-refractivity contribution >= 4 is 6.03 Å². The Labute approximate surface area is 149 Å². The van der Waals surface area contributed by atoms with Crippen molar-refractivity contribution in [1.82, 2.24) is 10.2 Å². The molecule has 7 heteroatoms. The minimum absolute atomic E-state index is 0.151. The Balaban J connectivity index is 1.61. The Morgan fingerprint density at radius 1 is 1.04 bits per heavy atom. The average Bonchev–Trinajstić information content (AvgIpc) is 2.59. The molecule has 4 nitrogen and oxygen atoms in total. The third-order valence-electron chi connectivity index (χ3n) is 4.15. The van der Waals surface area contributed by atoms with Crippen molar-refractivity contribution in [3.63, 3.8) is 0 Å². The van der Waals surface area contributed by atoms with Crippen LogP contribution in [0, 0.1) is 0 Å². The first-order valence-electron chi connectivity index (χ1n) is 8.26. The van der Waals surface area contributed by atoms with Crippen LogP contribution in [0.25, 0.3) is 0 Å². The largest absolute Gasteiger partial charge is 0.411 e. The number of nitrogens with one attached hydrogen (secondary N) is 1. The summed E-state index contributed by atoms with van der Waals surface area (Å²) in [5.41, 5.74) is 1.86. The molecule has 3 rings (SSSR count). The molecule has 0 atom stereocenters. The lowest BCUT2D eigenvalue weighted by Crippen LogP contribution is -2.58. The van der Waals surface area contributed by atoms with E-state index in [1.165, 1.54) is 4.90 Å². The summed E-state index contributed by atoms with van der Waals surface area (Å²) in [5, 5.41) is 2.95. The fourth-order valence-electron chi connectivity index (χ4n) is 2.79. The molecule has 0 unspecified atom stereocenters. The van der Waals surface area contributed by atoms with Crippen molar-refractivity contribution in [2.24, 2.45) is 0 Å². The van der Waals surface area contributed by atoms with E-state index in [2.05, 4.69) is 5.32 Å². The van der Waals surface area contributed by atoms with E-state index >= 15 is 0 Å². The molecule has 2 aromatic carbocycles. The number of likely N-dealkylation sites (tertiary alicyclic amines) is 1. The molecule has 1 saturated heterocycles. The summed E-state index contributed by atoms with van der Waals surface area (Å²) in [6.45, 7) is -0.986. The zero-order valence-corrected chi connectivity index (χ0v) is 13.9. The second kappa shape index (κ2) is 7.78. The van der Waals surface area contributed by atoms with E-state index in [0.717, 1.165) is 11.1 Å². The van der Waals surface area contributed by atoms with Gasteiger partial charge in [0.1, 0.15) is 6.61 Å². The number of rotatable bonds is 5. The van der Waals surface area contributed by atoms with Gasteiger partial charge in [-0.3, -0.25) is 0 Å². The van der Waals surface area contributed by atoms with Gasteiger partial charge in [0.2, 0.25) is 0 Å². The number of hydrogen-bond acceptors (Lipinski definition) is 2. The van der Waals surface area contributed by atoms with Crippen LogP contribution in [0.2, 0.25) is 0 Å². The summed E-state index contributed by atoms with van der Waals surface area (Å²) < 4.78 is 41.2. The predicted molar refractivity (Wildman–Crippen MR) is 90.6 cm³/mol. The van der Waals surface area contributed by atoms with Crippen LogP contribution in [0.3, 0.4) is 0 Å². The highest BCUT2D eigenvalue weighted by Crippen LogP contribution is 2.24. The molecule has 1 N–H and O–H groups in total. The summed E-state index contributed by atoms with van der Waals surface area (Å²) in [4.78, 5) is 13.9. The molecule has 1 aliphatic heterocycles. The van der Waals surface area contributed by atoms with Gasteiger partial charge >= 0.3 is 12.2 Å². The number of nitrogens with zero attached hydrogens (tertiary/aromatic N) is 1. The Morgan fingerprint density at radius 3 is 2.00 bits per heavy atom. The highest BCUT2D eigenvalue weighted by Gasteiger charge is 2.36. The SMILES string of the molecule is O=C(NC(c1ccccc1)c1ccccc1)N1CC(OCC(F)(F)F)C1. The standard InChI is InChI=1S/C19H19F3N2O2/c20-19(21,22)13-26-16-11-24(12-16)18(25)23-17(14-7-3-1-4-8-14)15-9-5-2-6-10-15/h1-10,16-17H,11-13H2,(H,23,25). The lowest BCUT2D eigenvalue weighted by atomic mass is 9.99. The molecule has 0 aliphatic carbocycles. The monoisotopic (exact) mass is 364 g/mol. The normalized spacial score (nSPS) is 15.0. The molecule has 1 fully saturated rings. The van der Waals surface area contributed by atoms with Crippen LogP contribution in [-0.2, 0) is 4.74 Å². The summed E-state index contributed by atoms with van der Waals surface area (Å²) in [6, 6.07) is 18.4. The number of alkyl halides is 3. The van der Waals surface area contributed by atoms with Gasteiger partial charge in [0.25, 0.3) is 0 Å². The van der Waals surface area contributed by atoms with E-state index in [4.69, 9.17) is 4.74 Å². The molecule has 0 bridgehead atoms. The number of amides is 2. The summed E-state index contributed by atoms with van der Waals surface area (Å²) in [7, 11) is 0. The molecule has 0 saturated carbocycles. The van der Waals surface area contributed by atoms with Crippen molar-refractivity contribution < 1.29 is 22.7 Å². The Hall–Kier alpha value is -2.54. The number of benzene rings is 2. The molecule has 2 amide bonds. The molecule has 26 heavy (non-hydrogen) atoms. The van der Waals surface area contributed by atoms with Crippen LogP contribution in [-0.4, -0.2) is 42.9 Å². The Kier molecular flexibility index (Phi) is 5.46. The number of carbonyl (C=O) groups excluding carboxylic acids is 1. The Morgan fingerprint density at radius 2 is 1.54 bits per heavy atom. The zero-order valence-electron chi connectivity index (χ0n) is 13.9. The van der Waals surface area contributed by atoms with E-state index in [-0.39, 0.29) is 25.2 Å². The molecule has 1 aliphatic rings. The van der Waals surface area contributed by atoms with E-state index < -0.39 is 18.9 Å². The maximum atomic E-state index is 12.5. The van der Waals surface area contributed by atoms with Crippen molar-refractivity contribution in [2.75, 3.05) is 19.7 Å². The first-order chi connectivity index (χ1) is 12.4. The number of carbonyl (C=O) groups is 1. The van der Waals surface area contributed by atoms with E-state index in [9.17, 15) is 18.0 Å². The van der Waals surface area contributed by atoms with Crippen LogP contribution in [0.5, 0.6) is 0 Å². The lowest BCUT2D eigenvalue weighted by molar-refractivity contribution is -0.195. The van der Waals surface area contributed by atoms with Crippen molar-refractivity contribution in [3.8, 4) is 0 Å². The highest BCUT2D eigenvalue weighted by molar-refractivity contribution is 5.76.